The highest BCUT2D eigenvalue weighted by molar-refractivity contribution is 8.19. The van der Waals surface area contributed by atoms with E-state index in [1.165, 1.54) is 11.8 Å². The Hall–Kier alpha value is -3.87. The molecule has 7 nitrogen and oxygen atoms in total. The van der Waals surface area contributed by atoms with Crippen LogP contribution in [0, 0.1) is 11.3 Å². The Kier molecular flexibility index (Phi) is 7.63. The molecule has 0 unspecified atom stereocenters. The molecular weight excluding hydrogens is 514 g/mol. The number of likely N-dealkylation sites (N-methyl/N-ethyl adjacent to an activating group) is 1. The van der Waals surface area contributed by atoms with Gasteiger partial charge >= 0.3 is 0 Å². The fourth-order valence-corrected chi connectivity index (χ4v) is 6.77. The number of carbonyl (C=O) groups is 1. The molecule has 2 heterocycles. The molecule has 38 heavy (non-hydrogen) atoms. The monoisotopic (exact) mass is 541 g/mol. The Morgan fingerprint density at radius 3 is 2.68 bits per heavy atom. The lowest BCUT2D eigenvalue weighted by atomic mass is 10.2. The zero-order valence-electron chi connectivity index (χ0n) is 21.4. The first kappa shape index (κ1) is 25.8. The van der Waals surface area contributed by atoms with Gasteiger partial charge in [-0.25, -0.2) is 4.99 Å². The Bertz CT molecular complexity index is 1490. The number of hydrogen-bond acceptors (Lipinski definition) is 8. The lowest BCUT2D eigenvalue weighted by Gasteiger charge is -2.29. The molecule has 1 fully saturated rings. The van der Waals surface area contributed by atoms with Crippen LogP contribution in [-0.4, -0.2) is 43.2 Å². The zero-order chi connectivity index (χ0) is 26.6. The van der Waals surface area contributed by atoms with E-state index in [1.807, 2.05) is 56.4 Å². The Labute approximate surface area is 231 Å². The van der Waals surface area contributed by atoms with Gasteiger partial charge in [-0.15, -0.1) is 0 Å². The van der Waals surface area contributed by atoms with Gasteiger partial charge in [0, 0.05) is 29.0 Å². The van der Waals surface area contributed by atoms with Gasteiger partial charge in [0.2, 0.25) is 0 Å². The molecule has 0 bridgehead atoms. The van der Waals surface area contributed by atoms with Crippen LogP contribution in [0.1, 0.15) is 18.1 Å². The fourth-order valence-electron chi connectivity index (χ4n) is 4.38. The average Bonchev–Trinajstić information content (AvgIpc) is 3.24. The van der Waals surface area contributed by atoms with E-state index in [1.54, 1.807) is 35.9 Å². The van der Waals surface area contributed by atoms with E-state index in [4.69, 9.17) is 9.73 Å². The number of nitrogens with zero attached hydrogens (tertiary/aromatic N) is 4. The highest BCUT2D eigenvalue weighted by atomic mass is 32.2. The summed E-state index contributed by atoms with van der Waals surface area (Å²) in [7, 11) is 3.67. The molecule has 0 aromatic heterocycles. The number of amidine groups is 1. The zero-order valence-corrected chi connectivity index (χ0v) is 23.0. The summed E-state index contributed by atoms with van der Waals surface area (Å²) in [6.45, 7) is 3.67. The van der Waals surface area contributed by atoms with Crippen LogP contribution in [0.5, 0.6) is 5.75 Å². The quantitative estimate of drug-likeness (QED) is 0.371. The number of fused-ring (bicyclic) bond motifs is 1. The van der Waals surface area contributed by atoms with Crippen molar-refractivity contribution in [1.29, 1.82) is 5.26 Å². The van der Waals surface area contributed by atoms with E-state index in [0.29, 0.717) is 46.7 Å². The minimum Gasteiger partial charge on any atom is -0.496 e. The van der Waals surface area contributed by atoms with Crippen molar-refractivity contribution in [3.63, 3.8) is 0 Å². The summed E-state index contributed by atoms with van der Waals surface area (Å²) in [6.07, 6.45) is 0. The molecule has 1 saturated heterocycles. The van der Waals surface area contributed by atoms with Gasteiger partial charge in [-0.1, -0.05) is 42.1 Å². The molecule has 3 aromatic carbocycles. The summed E-state index contributed by atoms with van der Waals surface area (Å²) in [5.74, 6) is 0.627. The molecule has 5 rings (SSSR count). The second-order valence-electron chi connectivity index (χ2n) is 8.75. The van der Waals surface area contributed by atoms with Crippen molar-refractivity contribution in [1.82, 2.24) is 4.90 Å². The van der Waals surface area contributed by atoms with Crippen molar-refractivity contribution in [2.75, 3.05) is 37.5 Å². The Balaban J connectivity index is 1.60. The number of amides is 1. The number of benzene rings is 3. The first-order chi connectivity index (χ1) is 18.5. The van der Waals surface area contributed by atoms with Gasteiger partial charge in [-0.2, -0.15) is 5.26 Å². The summed E-state index contributed by atoms with van der Waals surface area (Å²) in [5.41, 5.74) is 3.98. The maximum absolute atomic E-state index is 14.0. The molecule has 0 atom stereocenters. The molecule has 9 heteroatoms. The van der Waals surface area contributed by atoms with Crippen LogP contribution in [0.15, 0.2) is 86.4 Å². The number of ether oxygens (including phenoxy) is 1. The average molecular weight is 542 g/mol. The van der Waals surface area contributed by atoms with Gasteiger partial charge in [0.25, 0.3) is 5.91 Å². The Morgan fingerprint density at radius 1 is 1.11 bits per heavy atom. The normalized spacial score (nSPS) is 17.9. The number of nitrogens with one attached hydrogen (secondary N) is 1. The third-order valence-electron chi connectivity index (χ3n) is 6.24. The standard InChI is InChI=1S/C29H27N5O2S2/c1-4-31-21-14-13-19(16-30)15-22(21)32-29-34(17-20-9-5-7-11-24(20)36-3)28(35)27(38-29)26-18-33(2)23-10-6-8-12-25(23)37-26/h5-15,31H,4,17-18H2,1-3H3/b27-26-,32-29?. The minimum atomic E-state index is -0.0867. The number of aliphatic imine (C=N–C) groups is 1. The van der Waals surface area contributed by atoms with Gasteiger partial charge in [0.05, 0.1) is 53.8 Å². The highest BCUT2D eigenvalue weighted by Crippen LogP contribution is 2.46. The third kappa shape index (κ3) is 5.10. The minimum absolute atomic E-state index is 0.0867. The van der Waals surface area contributed by atoms with Crippen LogP contribution in [0.3, 0.4) is 0 Å². The van der Waals surface area contributed by atoms with Crippen molar-refractivity contribution in [3.8, 4) is 11.8 Å². The van der Waals surface area contributed by atoms with Crippen LogP contribution < -0.4 is 15.0 Å². The maximum atomic E-state index is 14.0. The molecular formula is C29H27N5O2S2. The second-order valence-corrected chi connectivity index (χ2v) is 10.9. The molecule has 2 aliphatic heterocycles. The molecule has 0 saturated carbocycles. The van der Waals surface area contributed by atoms with E-state index >= 15 is 0 Å². The van der Waals surface area contributed by atoms with Crippen molar-refractivity contribution >= 4 is 51.7 Å². The largest absolute Gasteiger partial charge is 0.496 e. The predicted octanol–water partition coefficient (Wildman–Crippen LogP) is 6.22. The van der Waals surface area contributed by atoms with E-state index < -0.39 is 0 Å². The molecule has 1 N–H and O–H groups in total. The molecule has 0 spiro atoms. The van der Waals surface area contributed by atoms with Crippen molar-refractivity contribution in [2.24, 2.45) is 4.99 Å². The van der Waals surface area contributed by atoms with Crippen molar-refractivity contribution in [2.45, 2.75) is 18.4 Å². The van der Waals surface area contributed by atoms with Gasteiger partial charge in [-0.3, -0.25) is 9.69 Å². The van der Waals surface area contributed by atoms with Crippen LogP contribution in [0.25, 0.3) is 0 Å². The first-order valence-corrected chi connectivity index (χ1v) is 13.8. The predicted molar refractivity (Wildman–Crippen MR) is 156 cm³/mol. The third-order valence-corrected chi connectivity index (χ3v) is 8.63. The van der Waals surface area contributed by atoms with Gasteiger partial charge in [0.1, 0.15) is 5.75 Å². The van der Waals surface area contributed by atoms with Crippen LogP contribution in [-0.2, 0) is 11.3 Å². The number of carbonyl (C=O) groups excluding carboxylic acids is 1. The number of thioether (sulfide) groups is 2. The van der Waals surface area contributed by atoms with E-state index in [-0.39, 0.29) is 5.91 Å². The van der Waals surface area contributed by atoms with Crippen LogP contribution in [0.4, 0.5) is 17.1 Å². The topological polar surface area (TPSA) is 81.0 Å². The summed E-state index contributed by atoms with van der Waals surface area (Å²) < 4.78 is 5.57. The summed E-state index contributed by atoms with van der Waals surface area (Å²) in [5, 5.41) is 13.4. The highest BCUT2D eigenvalue weighted by Gasteiger charge is 2.38. The summed E-state index contributed by atoms with van der Waals surface area (Å²) in [4.78, 5) is 25.6. The first-order valence-electron chi connectivity index (χ1n) is 12.2. The van der Waals surface area contributed by atoms with Gasteiger partial charge < -0.3 is 15.0 Å². The number of methoxy groups -OCH3 is 1. The molecule has 0 radical (unpaired) electrons. The molecule has 192 valence electrons. The van der Waals surface area contributed by atoms with E-state index in [9.17, 15) is 10.1 Å². The van der Waals surface area contributed by atoms with Crippen LogP contribution >= 0.6 is 23.5 Å². The van der Waals surface area contributed by atoms with Crippen molar-refractivity contribution < 1.29 is 9.53 Å². The van der Waals surface area contributed by atoms with Gasteiger partial charge in [0.15, 0.2) is 5.17 Å². The van der Waals surface area contributed by atoms with E-state index in [0.717, 1.165) is 26.7 Å². The van der Waals surface area contributed by atoms with Crippen LogP contribution in [0.2, 0.25) is 0 Å². The number of hydrogen-bond donors (Lipinski definition) is 1. The lowest BCUT2D eigenvalue weighted by molar-refractivity contribution is -0.122. The summed E-state index contributed by atoms with van der Waals surface area (Å²) in [6, 6.07) is 23.5. The number of rotatable bonds is 6. The smallest absolute Gasteiger partial charge is 0.267 e. The number of nitriles is 1. The second kappa shape index (κ2) is 11.3. The molecule has 0 aliphatic carbocycles. The van der Waals surface area contributed by atoms with Crippen molar-refractivity contribution in [3.05, 3.63) is 87.7 Å². The fraction of sp³-hybridized carbons (Fsp3) is 0.207. The van der Waals surface area contributed by atoms with Gasteiger partial charge in [-0.05, 0) is 55.1 Å². The number of para-hydroxylation sites is 2. The molecule has 3 aromatic rings. The van der Waals surface area contributed by atoms with E-state index in [2.05, 4.69) is 28.4 Å². The molecule has 2 aliphatic rings. The number of anilines is 2. The maximum Gasteiger partial charge on any atom is 0.267 e. The Morgan fingerprint density at radius 2 is 1.89 bits per heavy atom. The molecule has 1 amide bonds. The summed E-state index contributed by atoms with van der Waals surface area (Å²) >= 11 is 3.02. The SMILES string of the molecule is CCNc1ccc(C#N)cc1N=C1S/C(=C2/CN(C)c3ccccc3S2)C(=O)N1Cc1ccccc1OC. The lowest BCUT2D eigenvalue weighted by Crippen LogP contribution is -2.30.